The van der Waals surface area contributed by atoms with Gasteiger partial charge in [-0.25, -0.2) is 0 Å². The zero-order valence-electron chi connectivity index (χ0n) is 15.6. The zero-order chi connectivity index (χ0) is 18.9. The Morgan fingerprint density at radius 1 is 1.11 bits per heavy atom. The molecule has 28 heavy (non-hydrogen) atoms. The van der Waals surface area contributed by atoms with Gasteiger partial charge in [0.25, 0.3) is 0 Å². The standard InChI is InChI=1S/C22H23N5O/c28-22(18-8-11-27(14-18)19-6-9-23-10-7-19)24-21-13-20(25-26-21)17-3-1-2-16(12-17)15-4-5-15/h1-3,6-7,9-10,12-13,15,18H,4-5,8,11,14H2,(H2,24,25,26,28). The van der Waals surface area contributed by atoms with Gasteiger partial charge in [0, 0.05) is 37.2 Å². The van der Waals surface area contributed by atoms with Crippen LogP contribution in [0.4, 0.5) is 11.5 Å². The molecule has 5 rings (SSSR count). The van der Waals surface area contributed by atoms with E-state index in [4.69, 9.17) is 0 Å². The Morgan fingerprint density at radius 2 is 1.96 bits per heavy atom. The molecule has 2 aliphatic rings. The van der Waals surface area contributed by atoms with E-state index < -0.39 is 0 Å². The number of hydrogen-bond acceptors (Lipinski definition) is 4. The number of rotatable bonds is 5. The van der Waals surface area contributed by atoms with Crippen molar-refractivity contribution in [2.24, 2.45) is 5.92 Å². The van der Waals surface area contributed by atoms with Crippen molar-refractivity contribution in [3.63, 3.8) is 0 Å². The molecule has 6 nitrogen and oxygen atoms in total. The fourth-order valence-electron chi connectivity index (χ4n) is 3.90. The molecular formula is C22H23N5O. The summed E-state index contributed by atoms with van der Waals surface area (Å²) in [6.45, 7) is 1.60. The predicted octanol–water partition coefficient (Wildman–Crippen LogP) is 3.81. The minimum Gasteiger partial charge on any atom is -0.371 e. The molecule has 0 bridgehead atoms. The van der Waals surface area contributed by atoms with Gasteiger partial charge in [-0.05, 0) is 54.5 Å². The maximum Gasteiger partial charge on any atom is 0.230 e. The van der Waals surface area contributed by atoms with Gasteiger partial charge in [-0.3, -0.25) is 14.9 Å². The number of hydrogen-bond donors (Lipinski definition) is 2. The Bertz CT molecular complexity index is 979. The molecular weight excluding hydrogens is 350 g/mol. The van der Waals surface area contributed by atoms with Crippen LogP contribution < -0.4 is 10.2 Å². The summed E-state index contributed by atoms with van der Waals surface area (Å²) in [5.74, 6) is 1.29. The first kappa shape index (κ1) is 17.0. The van der Waals surface area contributed by atoms with E-state index in [0.717, 1.165) is 36.5 Å². The minimum atomic E-state index is -0.0356. The summed E-state index contributed by atoms with van der Waals surface area (Å²) in [6, 6.07) is 14.5. The number of pyridine rings is 1. The Balaban J connectivity index is 1.23. The van der Waals surface area contributed by atoms with Crippen molar-refractivity contribution in [2.75, 3.05) is 23.3 Å². The molecule has 3 heterocycles. The molecule has 2 fully saturated rings. The highest BCUT2D eigenvalue weighted by Gasteiger charge is 2.29. The number of anilines is 2. The van der Waals surface area contributed by atoms with Gasteiger partial charge < -0.3 is 10.2 Å². The number of nitrogens with one attached hydrogen (secondary N) is 2. The SMILES string of the molecule is O=C(Nc1cc(-c2cccc(C3CC3)c2)[nH]n1)C1CCN(c2ccncc2)C1. The highest BCUT2D eigenvalue weighted by Crippen LogP contribution is 2.41. The first-order chi connectivity index (χ1) is 13.8. The van der Waals surface area contributed by atoms with E-state index in [1.165, 1.54) is 18.4 Å². The Labute approximate surface area is 164 Å². The van der Waals surface area contributed by atoms with Crippen LogP contribution in [0.3, 0.4) is 0 Å². The average molecular weight is 373 g/mol. The van der Waals surface area contributed by atoms with Gasteiger partial charge in [-0.15, -0.1) is 0 Å². The van der Waals surface area contributed by atoms with Crippen molar-refractivity contribution in [1.29, 1.82) is 0 Å². The molecule has 2 N–H and O–H groups in total. The van der Waals surface area contributed by atoms with E-state index in [1.54, 1.807) is 12.4 Å². The van der Waals surface area contributed by atoms with Crippen LogP contribution in [0.25, 0.3) is 11.3 Å². The third kappa shape index (κ3) is 3.50. The predicted molar refractivity (Wildman–Crippen MR) is 109 cm³/mol. The van der Waals surface area contributed by atoms with Gasteiger partial charge in [0.05, 0.1) is 11.6 Å². The maximum absolute atomic E-state index is 12.7. The number of carbonyl (C=O) groups excluding carboxylic acids is 1. The lowest BCUT2D eigenvalue weighted by Gasteiger charge is -2.17. The van der Waals surface area contributed by atoms with Crippen LogP contribution in [-0.2, 0) is 4.79 Å². The number of H-pyrrole nitrogens is 1. The average Bonchev–Trinajstić information content (AvgIpc) is 3.28. The van der Waals surface area contributed by atoms with Gasteiger partial charge in [-0.1, -0.05) is 18.2 Å². The summed E-state index contributed by atoms with van der Waals surface area (Å²) >= 11 is 0. The van der Waals surface area contributed by atoms with Crippen molar-refractivity contribution in [2.45, 2.75) is 25.2 Å². The van der Waals surface area contributed by atoms with Crippen molar-refractivity contribution >= 4 is 17.4 Å². The van der Waals surface area contributed by atoms with Crippen molar-refractivity contribution in [1.82, 2.24) is 15.2 Å². The molecule has 0 spiro atoms. The van der Waals surface area contributed by atoms with Gasteiger partial charge in [0.15, 0.2) is 5.82 Å². The number of aromatic amines is 1. The highest BCUT2D eigenvalue weighted by atomic mass is 16.2. The van der Waals surface area contributed by atoms with Crippen LogP contribution in [0, 0.1) is 5.92 Å². The Kier molecular flexibility index (Phi) is 4.31. The smallest absolute Gasteiger partial charge is 0.230 e. The highest BCUT2D eigenvalue weighted by molar-refractivity contribution is 5.93. The molecule has 6 heteroatoms. The van der Waals surface area contributed by atoms with E-state index in [9.17, 15) is 4.79 Å². The maximum atomic E-state index is 12.7. The summed E-state index contributed by atoms with van der Waals surface area (Å²) in [4.78, 5) is 19.0. The van der Waals surface area contributed by atoms with Crippen LogP contribution in [0.15, 0.2) is 54.9 Å². The molecule has 0 radical (unpaired) electrons. The molecule has 1 aliphatic carbocycles. The summed E-state index contributed by atoms with van der Waals surface area (Å²) in [5.41, 5.74) is 4.55. The molecule has 1 atom stereocenters. The lowest BCUT2D eigenvalue weighted by Crippen LogP contribution is -2.27. The molecule has 1 saturated heterocycles. The van der Waals surface area contributed by atoms with E-state index in [2.05, 4.69) is 49.7 Å². The molecule has 1 unspecified atom stereocenters. The Morgan fingerprint density at radius 3 is 2.79 bits per heavy atom. The lowest BCUT2D eigenvalue weighted by molar-refractivity contribution is -0.119. The second-order valence-corrected chi connectivity index (χ2v) is 7.69. The van der Waals surface area contributed by atoms with Crippen LogP contribution in [-0.4, -0.2) is 34.2 Å². The van der Waals surface area contributed by atoms with Crippen molar-refractivity contribution < 1.29 is 4.79 Å². The quantitative estimate of drug-likeness (QED) is 0.713. The zero-order valence-corrected chi connectivity index (χ0v) is 15.6. The second-order valence-electron chi connectivity index (χ2n) is 7.69. The number of aromatic nitrogens is 3. The normalized spacial score (nSPS) is 19.0. The fourth-order valence-corrected chi connectivity index (χ4v) is 3.90. The molecule has 1 aromatic carbocycles. The van der Waals surface area contributed by atoms with Gasteiger partial charge in [0.1, 0.15) is 0 Å². The first-order valence-corrected chi connectivity index (χ1v) is 9.88. The van der Waals surface area contributed by atoms with Gasteiger partial charge >= 0.3 is 0 Å². The third-order valence-electron chi connectivity index (χ3n) is 5.66. The van der Waals surface area contributed by atoms with Gasteiger partial charge in [0.2, 0.25) is 5.91 Å². The molecule has 1 aliphatic heterocycles. The van der Waals surface area contributed by atoms with E-state index in [0.29, 0.717) is 11.7 Å². The summed E-state index contributed by atoms with van der Waals surface area (Å²) < 4.78 is 0. The lowest BCUT2D eigenvalue weighted by atomic mass is 10.1. The van der Waals surface area contributed by atoms with E-state index in [-0.39, 0.29) is 11.8 Å². The molecule has 142 valence electrons. The second kappa shape index (κ2) is 7.11. The summed E-state index contributed by atoms with van der Waals surface area (Å²) in [7, 11) is 0. The number of benzene rings is 1. The van der Waals surface area contributed by atoms with Crippen molar-refractivity contribution in [3.8, 4) is 11.3 Å². The molecule has 3 aromatic rings. The van der Waals surface area contributed by atoms with Crippen LogP contribution in [0.1, 0.15) is 30.7 Å². The molecule has 1 saturated carbocycles. The number of amides is 1. The van der Waals surface area contributed by atoms with Crippen LogP contribution in [0.2, 0.25) is 0 Å². The topological polar surface area (TPSA) is 73.9 Å². The minimum absolute atomic E-state index is 0.0290. The van der Waals surface area contributed by atoms with Crippen LogP contribution >= 0.6 is 0 Å². The number of carbonyl (C=O) groups is 1. The van der Waals surface area contributed by atoms with Crippen molar-refractivity contribution in [3.05, 3.63) is 60.4 Å². The fraction of sp³-hybridized carbons (Fsp3) is 0.318. The summed E-state index contributed by atoms with van der Waals surface area (Å²) in [5, 5.41) is 10.3. The monoisotopic (exact) mass is 373 g/mol. The Hall–Kier alpha value is -3.15. The van der Waals surface area contributed by atoms with E-state index in [1.807, 2.05) is 18.2 Å². The molecule has 1 amide bonds. The first-order valence-electron chi connectivity index (χ1n) is 9.88. The summed E-state index contributed by atoms with van der Waals surface area (Å²) in [6.07, 6.45) is 6.98. The molecule has 2 aromatic heterocycles. The van der Waals surface area contributed by atoms with Crippen LogP contribution in [0.5, 0.6) is 0 Å². The number of nitrogens with zero attached hydrogens (tertiary/aromatic N) is 3. The third-order valence-corrected chi connectivity index (χ3v) is 5.66. The van der Waals surface area contributed by atoms with E-state index >= 15 is 0 Å². The van der Waals surface area contributed by atoms with Gasteiger partial charge in [-0.2, -0.15) is 5.10 Å². The largest absolute Gasteiger partial charge is 0.371 e.